The minimum absolute atomic E-state index is 0.371. The molecule has 0 bridgehead atoms. The Morgan fingerprint density at radius 2 is 2.18 bits per heavy atom. The van der Waals surface area contributed by atoms with Crippen molar-refractivity contribution in [3.63, 3.8) is 0 Å². The summed E-state index contributed by atoms with van der Waals surface area (Å²) in [6.45, 7) is 3.92. The summed E-state index contributed by atoms with van der Waals surface area (Å²) in [7, 11) is 2.36. The minimum atomic E-state index is -3.17. The van der Waals surface area contributed by atoms with Gasteiger partial charge in [-0.15, -0.1) is 0 Å². The van der Waals surface area contributed by atoms with E-state index in [0.29, 0.717) is 19.1 Å². The van der Waals surface area contributed by atoms with Crippen molar-refractivity contribution in [1.29, 1.82) is 0 Å². The quantitative estimate of drug-likeness (QED) is 0.730. The maximum absolute atomic E-state index is 12.2. The highest BCUT2D eigenvalue weighted by atomic mass is 32.2. The molecule has 0 amide bonds. The van der Waals surface area contributed by atoms with Crippen LogP contribution < -0.4 is 5.32 Å². The number of sulfonamides is 1. The molecule has 6 heteroatoms. The predicted octanol–water partition coefficient (Wildman–Crippen LogP) is -0.0499. The molecule has 5 nitrogen and oxygen atoms in total. The lowest BCUT2D eigenvalue weighted by Gasteiger charge is -2.27. The molecular formula is C11H25N3O2S. The Morgan fingerprint density at radius 1 is 1.53 bits per heavy atom. The zero-order valence-corrected chi connectivity index (χ0v) is 12.1. The zero-order valence-electron chi connectivity index (χ0n) is 11.3. The first-order chi connectivity index (χ1) is 7.89. The van der Waals surface area contributed by atoms with Crippen molar-refractivity contribution in [1.82, 2.24) is 14.5 Å². The average molecular weight is 263 g/mol. The van der Waals surface area contributed by atoms with Crippen molar-refractivity contribution in [3.05, 3.63) is 0 Å². The highest BCUT2D eigenvalue weighted by molar-refractivity contribution is 7.89. The molecule has 0 aromatic carbocycles. The number of nitrogens with one attached hydrogen (secondary N) is 1. The number of likely N-dealkylation sites (tertiary alicyclic amines) is 1. The van der Waals surface area contributed by atoms with Gasteiger partial charge in [0.1, 0.15) is 0 Å². The molecule has 0 aromatic heterocycles. The van der Waals surface area contributed by atoms with Crippen LogP contribution in [0.5, 0.6) is 0 Å². The van der Waals surface area contributed by atoms with Gasteiger partial charge in [0.25, 0.3) is 0 Å². The van der Waals surface area contributed by atoms with E-state index in [1.165, 1.54) is 10.7 Å². The molecule has 0 aromatic rings. The van der Waals surface area contributed by atoms with E-state index in [4.69, 9.17) is 0 Å². The smallest absolute Gasteiger partial charge is 0.217 e. The lowest BCUT2D eigenvalue weighted by molar-refractivity contribution is 0.270. The van der Waals surface area contributed by atoms with Gasteiger partial charge in [-0.2, -0.15) is 0 Å². The first-order valence-electron chi connectivity index (χ1n) is 6.19. The van der Waals surface area contributed by atoms with E-state index in [2.05, 4.69) is 17.3 Å². The molecule has 1 N–H and O–H groups in total. The molecule has 2 unspecified atom stereocenters. The van der Waals surface area contributed by atoms with Gasteiger partial charge in [0.15, 0.2) is 0 Å². The van der Waals surface area contributed by atoms with Crippen molar-refractivity contribution < 1.29 is 8.42 Å². The third-order valence-electron chi connectivity index (χ3n) is 3.57. The Kier molecular flexibility index (Phi) is 5.37. The second-order valence-corrected chi connectivity index (χ2v) is 7.43. The number of nitrogens with zero attached hydrogens (tertiary/aromatic N) is 2. The van der Waals surface area contributed by atoms with Gasteiger partial charge < -0.3 is 10.2 Å². The maximum atomic E-state index is 12.2. The van der Waals surface area contributed by atoms with E-state index in [1.807, 2.05) is 0 Å². The van der Waals surface area contributed by atoms with E-state index >= 15 is 0 Å². The van der Waals surface area contributed by atoms with Gasteiger partial charge in [-0.3, -0.25) is 0 Å². The van der Waals surface area contributed by atoms with Crippen LogP contribution in [0.25, 0.3) is 0 Å². The van der Waals surface area contributed by atoms with Crippen LogP contribution in [-0.4, -0.2) is 69.7 Å². The standard InChI is InChI=1S/C11H25N3O2S/c1-10(8-12-2)17(15,16)14(4)9-11-6-5-7-13(11)3/h10-12H,5-9H2,1-4H3. The van der Waals surface area contributed by atoms with Crippen LogP contribution in [0.2, 0.25) is 0 Å². The SMILES string of the molecule is CNCC(C)S(=O)(=O)N(C)CC1CCCN1C. The fourth-order valence-corrected chi connectivity index (χ4v) is 3.68. The van der Waals surface area contributed by atoms with Gasteiger partial charge in [0.2, 0.25) is 10.0 Å². The second kappa shape index (κ2) is 6.13. The van der Waals surface area contributed by atoms with Gasteiger partial charge in [-0.25, -0.2) is 12.7 Å². The van der Waals surface area contributed by atoms with Gasteiger partial charge in [0, 0.05) is 26.2 Å². The van der Waals surface area contributed by atoms with E-state index in [9.17, 15) is 8.42 Å². The van der Waals surface area contributed by atoms with Crippen LogP contribution in [0.4, 0.5) is 0 Å². The summed E-state index contributed by atoms with van der Waals surface area (Å²) in [5.41, 5.74) is 0. The molecule has 17 heavy (non-hydrogen) atoms. The third kappa shape index (κ3) is 3.64. The first-order valence-corrected chi connectivity index (χ1v) is 7.70. The van der Waals surface area contributed by atoms with Crippen molar-refractivity contribution in [3.8, 4) is 0 Å². The Bertz CT molecular complexity index is 332. The summed E-state index contributed by atoms with van der Waals surface area (Å²) < 4.78 is 25.9. The Morgan fingerprint density at radius 3 is 2.65 bits per heavy atom. The second-order valence-electron chi connectivity index (χ2n) is 4.97. The Labute approximate surface area is 105 Å². The molecular weight excluding hydrogens is 238 g/mol. The highest BCUT2D eigenvalue weighted by Crippen LogP contribution is 2.17. The largest absolute Gasteiger partial charge is 0.318 e. The van der Waals surface area contributed by atoms with Crippen molar-refractivity contribution in [2.24, 2.45) is 0 Å². The molecule has 1 fully saturated rings. The van der Waals surface area contributed by atoms with Gasteiger partial charge in [0.05, 0.1) is 5.25 Å². The molecule has 102 valence electrons. The molecule has 1 saturated heterocycles. The summed E-state index contributed by atoms with van der Waals surface area (Å²) in [5.74, 6) is 0. The van der Waals surface area contributed by atoms with Gasteiger partial charge >= 0.3 is 0 Å². The number of likely N-dealkylation sites (N-methyl/N-ethyl adjacent to an activating group) is 2. The van der Waals surface area contributed by atoms with Gasteiger partial charge in [-0.1, -0.05) is 0 Å². The molecule has 0 aliphatic carbocycles. The van der Waals surface area contributed by atoms with Crippen LogP contribution in [0.15, 0.2) is 0 Å². The Balaban J connectivity index is 2.59. The van der Waals surface area contributed by atoms with E-state index in [1.54, 1.807) is 21.0 Å². The average Bonchev–Trinajstić information content (AvgIpc) is 2.64. The molecule has 0 saturated carbocycles. The summed E-state index contributed by atoms with van der Waals surface area (Å²) in [5, 5.41) is 2.54. The van der Waals surface area contributed by atoms with Crippen molar-refractivity contribution >= 4 is 10.0 Å². The summed E-state index contributed by atoms with van der Waals surface area (Å²) in [6.07, 6.45) is 2.26. The fourth-order valence-electron chi connectivity index (χ4n) is 2.31. The van der Waals surface area contributed by atoms with Crippen molar-refractivity contribution in [2.75, 3.05) is 40.8 Å². The summed E-state index contributed by atoms with van der Waals surface area (Å²) in [6, 6.07) is 0.372. The number of rotatable bonds is 6. The van der Waals surface area contributed by atoms with Crippen LogP contribution in [0.1, 0.15) is 19.8 Å². The van der Waals surface area contributed by atoms with Crippen LogP contribution in [0, 0.1) is 0 Å². The predicted molar refractivity (Wildman–Crippen MR) is 70.6 cm³/mol. The van der Waals surface area contributed by atoms with E-state index < -0.39 is 10.0 Å². The molecule has 0 spiro atoms. The van der Waals surface area contributed by atoms with Crippen LogP contribution >= 0.6 is 0 Å². The van der Waals surface area contributed by atoms with Crippen LogP contribution in [0.3, 0.4) is 0 Å². The molecule has 0 radical (unpaired) electrons. The van der Waals surface area contributed by atoms with Crippen LogP contribution in [-0.2, 0) is 10.0 Å². The summed E-state index contributed by atoms with van der Waals surface area (Å²) in [4.78, 5) is 2.24. The molecule has 2 atom stereocenters. The van der Waals surface area contributed by atoms with Gasteiger partial charge in [-0.05, 0) is 40.4 Å². The van der Waals surface area contributed by atoms with E-state index in [0.717, 1.165) is 13.0 Å². The molecule has 1 rings (SSSR count). The number of hydrogen-bond acceptors (Lipinski definition) is 4. The highest BCUT2D eigenvalue weighted by Gasteiger charge is 2.30. The molecule has 1 aliphatic rings. The first kappa shape index (κ1) is 14.9. The number of hydrogen-bond donors (Lipinski definition) is 1. The maximum Gasteiger partial charge on any atom is 0.217 e. The normalized spacial score (nSPS) is 24.4. The lowest BCUT2D eigenvalue weighted by atomic mass is 10.2. The Hall–Kier alpha value is -0.170. The zero-order chi connectivity index (χ0) is 13.1. The fraction of sp³-hybridized carbons (Fsp3) is 1.00. The van der Waals surface area contributed by atoms with E-state index in [-0.39, 0.29) is 5.25 Å². The lowest BCUT2D eigenvalue weighted by Crippen LogP contribution is -2.44. The third-order valence-corrected chi connectivity index (χ3v) is 5.78. The topological polar surface area (TPSA) is 52.7 Å². The monoisotopic (exact) mass is 263 g/mol. The molecule has 1 aliphatic heterocycles. The minimum Gasteiger partial charge on any atom is -0.318 e. The molecule has 1 heterocycles. The summed E-state index contributed by atoms with van der Waals surface area (Å²) >= 11 is 0. The van der Waals surface area contributed by atoms with Crippen molar-refractivity contribution in [2.45, 2.75) is 31.1 Å².